The predicted octanol–water partition coefficient (Wildman–Crippen LogP) is 1.69. The van der Waals surface area contributed by atoms with Gasteiger partial charge in [0.15, 0.2) is 0 Å². The first-order chi connectivity index (χ1) is 8.66. The molecule has 0 radical (unpaired) electrons. The van der Waals surface area contributed by atoms with E-state index in [9.17, 15) is 0 Å². The molecule has 0 aliphatic rings. The summed E-state index contributed by atoms with van der Waals surface area (Å²) in [5.74, 6) is 0.907. The highest BCUT2D eigenvalue weighted by Gasteiger charge is 2.05. The SMILES string of the molecule is Cc1ccccc1OCCn1cc(C(C)N)nn1. The summed E-state index contributed by atoms with van der Waals surface area (Å²) in [5, 5.41) is 7.99. The van der Waals surface area contributed by atoms with Gasteiger partial charge < -0.3 is 10.5 Å². The Labute approximate surface area is 107 Å². The van der Waals surface area contributed by atoms with Crippen LogP contribution in [-0.4, -0.2) is 21.6 Å². The molecule has 96 valence electrons. The topological polar surface area (TPSA) is 66.0 Å². The fourth-order valence-electron chi connectivity index (χ4n) is 1.60. The highest BCUT2D eigenvalue weighted by atomic mass is 16.5. The molecule has 1 aromatic heterocycles. The van der Waals surface area contributed by atoms with Crippen LogP contribution in [0.25, 0.3) is 0 Å². The lowest BCUT2D eigenvalue weighted by Crippen LogP contribution is -2.09. The van der Waals surface area contributed by atoms with Gasteiger partial charge in [0.25, 0.3) is 0 Å². The molecule has 0 saturated carbocycles. The lowest BCUT2D eigenvalue weighted by molar-refractivity contribution is 0.288. The zero-order chi connectivity index (χ0) is 13.0. The van der Waals surface area contributed by atoms with Crippen LogP contribution in [0.4, 0.5) is 0 Å². The smallest absolute Gasteiger partial charge is 0.122 e. The van der Waals surface area contributed by atoms with Crippen LogP contribution in [0.3, 0.4) is 0 Å². The number of ether oxygens (including phenoxy) is 1. The number of rotatable bonds is 5. The molecule has 5 nitrogen and oxygen atoms in total. The Bertz CT molecular complexity index is 507. The van der Waals surface area contributed by atoms with Crippen molar-refractivity contribution in [3.8, 4) is 5.75 Å². The molecule has 2 aromatic rings. The number of hydrogen-bond acceptors (Lipinski definition) is 4. The van der Waals surface area contributed by atoms with Crippen LogP contribution in [0.2, 0.25) is 0 Å². The van der Waals surface area contributed by atoms with Gasteiger partial charge in [0.1, 0.15) is 12.4 Å². The quantitative estimate of drug-likeness (QED) is 0.871. The standard InChI is InChI=1S/C13H18N4O/c1-10-5-3-4-6-13(10)18-8-7-17-9-12(11(2)14)15-16-17/h3-6,9,11H,7-8,14H2,1-2H3. The van der Waals surface area contributed by atoms with Gasteiger partial charge in [-0.3, -0.25) is 0 Å². The van der Waals surface area contributed by atoms with E-state index in [-0.39, 0.29) is 6.04 Å². The molecule has 0 bridgehead atoms. The van der Waals surface area contributed by atoms with E-state index in [1.54, 1.807) is 4.68 Å². The molecule has 1 atom stereocenters. The van der Waals surface area contributed by atoms with Crippen molar-refractivity contribution in [2.24, 2.45) is 5.73 Å². The lowest BCUT2D eigenvalue weighted by atomic mass is 10.2. The summed E-state index contributed by atoms with van der Waals surface area (Å²) in [7, 11) is 0. The van der Waals surface area contributed by atoms with E-state index < -0.39 is 0 Å². The van der Waals surface area contributed by atoms with Crippen molar-refractivity contribution in [1.29, 1.82) is 0 Å². The highest BCUT2D eigenvalue weighted by molar-refractivity contribution is 5.31. The van der Waals surface area contributed by atoms with E-state index in [0.717, 1.165) is 17.0 Å². The van der Waals surface area contributed by atoms with E-state index in [1.165, 1.54) is 0 Å². The summed E-state index contributed by atoms with van der Waals surface area (Å²) < 4.78 is 7.44. The molecule has 1 aromatic carbocycles. The van der Waals surface area contributed by atoms with Gasteiger partial charge in [-0.1, -0.05) is 23.4 Å². The first-order valence-corrected chi connectivity index (χ1v) is 6.01. The molecular weight excluding hydrogens is 228 g/mol. The third-order valence-corrected chi connectivity index (χ3v) is 2.69. The monoisotopic (exact) mass is 246 g/mol. The maximum Gasteiger partial charge on any atom is 0.122 e. The Hall–Kier alpha value is -1.88. The van der Waals surface area contributed by atoms with Crippen molar-refractivity contribution in [2.45, 2.75) is 26.4 Å². The largest absolute Gasteiger partial charge is 0.491 e. The second-order valence-corrected chi connectivity index (χ2v) is 4.31. The van der Waals surface area contributed by atoms with E-state index in [4.69, 9.17) is 10.5 Å². The molecule has 0 spiro atoms. The number of benzene rings is 1. The van der Waals surface area contributed by atoms with E-state index in [1.807, 2.05) is 44.3 Å². The fraction of sp³-hybridized carbons (Fsp3) is 0.385. The molecule has 18 heavy (non-hydrogen) atoms. The van der Waals surface area contributed by atoms with Crippen LogP contribution in [0.5, 0.6) is 5.75 Å². The second kappa shape index (κ2) is 5.64. The van der Waals surface area contributed by atoms with Crippen molar-refractivity contribution in [1.82, 2.24) is 15.0 Å². The zero-order valence-electron chi connectivity index (χ0n) is 10.7. The number of para-hydroxylation sites is 1. The van der Waals surface area contributed by atoms with Crippen LogP contribution in [-0.2, 0) is 6.54 Å². The van der Waals surface area contributed by atoms with Gasteiger partial charge in [-0.15, -0.1) is 5.10 Å². The minimum absolute atomic E-state index is 0.0870. The Morgan fingerprint density at radius 1 is 1.39 bits per heavy atom. The molecule has 0 aliphatic heterocycles. The first-order valence-electron chi connectivity index (χ1n) is 6.01. The van der Waals surface area contributed by atoms with Gasteiger partial charge in [0.05, 0.1) is 18.4 Å². The maximum atomic E-state index is 5.72. The molecule has 5 heteroatoms. The Kier molecular flexibility index (Phi) is 3.94. The van der Waals surface area contributed by atoms with Gasteiger partial charge in [-0.25, -0.2) is 4.68 Å². The minimum Gasteiger partial charge on any atom is -0.491 e. The Morgan fingerprint density at radius 2 is 2.17 bits per heavy atom. The molecule has 0 fully saturated rings. The van der Waals surface area contributed by atoms with Gasteiger partial charge in [0, 0.05) is 6.04 Å². The lowest BCUT2D eigenvalue weighted by Gasteiger charge is -2.08. The van der Waals surface area contributed by atoms with Crippen LogP contribution in [0, 0.1) is 6.92 Å². The van der Waals surface area contributed by atoms with Gasteiger partial charge in [-0.05, 0) is 25.5 Å². The van der Waals surface area contributed by atoms with E-state index in [2.05, 4.69) is 10.3 Å². The minimum atomic E-state index is -0.0870. The van der Waals surface area contributed by atoms with Crippen LogP contribution in [0.1, 0.15) is 24.2 Å². The molecule has 0 saturated heterocycles. The number of nitrogens with zero attached hydrogens (tertiary/aromatic N) is 3. The summed E-state index contributed by atoms with van der Waals surface area (Å²) in [6.07, 6.45) is 1.85. The van der Waals surface area contributed by atoms with Gasteiger partial charge >= 0.3 is 0 Å². The molecule has 2 N–H and O–H groups in total. The molecule has 1 unspecified atom stereocenters. The number of aromatic nitrogens is 3. The fourth-order valence-corrected chi connectivity index (χ4v) is 1.60. The molecule has 2 rings (SSSR count). The normalized spacial score (nSPS) is 12.4. The molecule has 0 aliphatic carbocycles. The molecule has 1 heterocycles. The predicted molar refractivity (Wildman–Crippen MR) is 69.3 cm³/mol. The third-order valence-electron chi connectivity index (χ3n) is 2.69. The summed E-state index contributed by atoms with van der Waals surface area (Å²) in [6.45, 7) is 5.14. The maximum absolute atomic E-state index is 5.72. The number of aryl methyl sites for hydroxylation is 1. The van der Waals surface area contributed by atoms with Gasteiger partial charge in [-0.2, -0.15) is 0 Å². The average molecular weight is 246 g/mol. The Balaban J connectivity index is 1.87. The van der Waals surface area contributed by atoms with E-state index >= 15 is 0 Å². The van der Waals surface area contributed by atoms with Crippen LogP contribution in [0.15, 0.2) is 30.5 Å². The van der Waals surface area contributed by atoms with E-state index in [0.29, 0.717) is 13.2 Å². The number of nitrogens with two attached hydrogens (primary N) is 1. The first kappa shape index (κ1) is 12.6. The third kappa shape index (κ3) is 3.07. The number of hydrogen-bond donors (Lipinski definition) is 1. The highest BCUT2D eigenvalue weighted by Crippen LogP contribution is 2.15. The van der Waals surface area contributed by atoms with Crippen LogP contribution >= 0.6 is 0 Å². The van der Waals surface area contributed by atoms with Crippen LogP contribution < -0.4 is 10.5 Å². The summed E-state index contributed by atoms with van der Waals surface area (Å²) >= 11 is 0. The van der Waals surface area contributed by atoms with Crippen molar-refractivity contribution < 1.29 is 4.74 Å². The summed E-state index contributed by atoms with van der Waals surface area (Å²) in [6, 6.07) is 7.86. The molecule has 0 amide bonds. The summed E-state index contributed by atoms with van der Waals surface area (Å²) in [5.41, 5.74) is 7.65. The molecular formula is C13H18N4O. The second-order valence-electron chi connectivity index (χ2n) is 4.31. The van der Waals surface area contributed by atoms with Crippen molar-refractivity contribution in [2.75, 3.05) is 6.61 Å². The Morgan fingerprint density at radius 3 is 2.83 bits per heavy atom. The van der Waals surface area contributed by atoms with Crippen molar-refractivity contribution in [3.05, 3.63) is 41.7 Å². The van der Waals surface area contributed by atoms with Crippen molar-refractivity contribution >= 4 is 0 Å². The average Bonchev–Trinajstić information content (AvgIpc) is 2.80. The zero-order valence-corrected chi connectivity index (χ0v) is 10.7. The summed E-state index contributed by atoms with van der Waals surface area (Å²) in [4.78, 5) is 0. The van der Waals surface area contributed by atoms with Crippen molar-refractivity contribution in [3.63, 3.8) is 0 Å². The van der Waals surface area contributed by atoms with Gasteiger partial charge in [0.2, 0.25) is 0 Å².